The molecule has 0 aromatic carbocycles. The number of rotatable bonds is 7. The fraction of sp³-hybridized carbons (Fsp3) is 0.846. The highest BCUT2D eigenvalue weighted by atomic mass is 16.4. The van der Waals surface area contributed by atoms with Crippen molar-refractivity contribution in [1.82, 2.24) is 4.90 Å². The predicted molar refractivity (Wildman–Crippen MR) is 69.2 cm³/mol. The normalized spacial score (nSPS) is 21.7. The second-order valence-corrected chi connectivity index (χ2v) is 5.62. The van der Waals surface area contributed by atoms with E-state index >= 15 is 0 Å². The first kappa shape index (κ1) is 13.2. The molecule has 0 aromatic rings. The maximum absolute atomic E-state index is 12.5. The maximum Gasteiger partial charge on any atom is 0.233 e. The Bertz CT molecular complexity index is 321. The van der Waals surface area contributed by atoms with Gasteiger partial charge in [-0.2, -0.15) is 0 Å². The number of amides is 1. The van der Waals surface area contributed by atoms with Crippen LogP contribution in [0.2, 0.25) is 0 Å². The molecule has 0 heterocycles. The molecular weight excluding hydrogens is 230 g/mol. The Hall–Kier alpha value is -1.26. The zero-order chi connectivity index (χ0) is 13.1. The van der Waals surface area contributed by atoms with Gasteiger partial charge in [-0.25, -0.2) is 0 Å². The van der Waals surface area contributed by atoms with Gasteiger partial charge in [-0.1, -0.05) is 12.1 Å². The van der Waals surface area contributed by atoms with Crippen molar-refractivity contribution < 1.29 is 10.0 Å². The third-order valence-electron chi connectivity index (χ3n) is 3.84. The lowest BCUT2D eigenvalue weighted by atomic mass is 10.0. The highest BCUT2D eigenvalue weighted by molar-refractivity contribution is 6.02. The summed E-state index contributed by atoms with van der Waals surface area (Å²) in [6.07, 6.45) is 5.51. The molecule has 102 valence electrons. The van der Waals surface area contributed by atoms with Crippen LogP contribution in [0, 0.1) is 17.8 Å². The van der Waals surface area contributed by atoms with Crippen molar-refractivity contribution in [2.75, 3.05) is 13.1 Å². The Morgan fingerprint density at radius 1 is 1.33 bits per heavy atom. The summed E-state index contributed by atoms with van der Waals surface area (Å²) < 4.78 is 0. The summed E-state index contributed by atoms with van der Waals surface area (Å²) >= 11 is 0. The average Bonchev–Trinajstić information content (AvgIpc) is 3.23. The summed E-state index contributed by atoms with van der Waals surface area (Å²) in [4.78, 5) is 14.4. The minimum absolute atomic E-state index is 0.0339. The average molecular weight is 253 g/mol. The summed E-state index contributed by atoms with van der Waals surface area (Å²) in [5.74, 6) is 0.966. The first-order chi connectivity index (χ1) is 8.65. The van der Waals surface area contributed by atoms with Crippen LogP contribution in [0.5, 0.6) is 0 Å². The molecule has 0 spiro atoms. The lowest BCUT2D eigenvalue weighted by Gasteiger charge is -2.26. The number of nitrogens with two attached hydrogens (primary N) is 1. The minimum Gasteiger partial charge on any atom is -0.409 e. The molecule has 1 unspecified atom stereocenters. The van der Waals surface area contributed by atoms with Gasteiger partial charge in [0.25, 0.3) is 0 Å². The quantitative estimate of drug-likeness (QED) is 0.311. The fourth-order valence-corrected chi connectivity index (χ4v) is 2.28. The van der Waals surface area contributed by atoms with E-state index in [1.807, 2.05) is 11.8 Å². The molecule has 5 heteroatoms. The first-order valence-electron chi connectivity index (χ1n) is 6.91. The predicted octanol–water partition coefficient (Wildman–Crippen LogP) is 1.41. The monoisotopic (exact) mass is 253 g/mol. The SMILES string of the molecule is CCC(C(=O)N(CC1CC1)CC1CC1)C(N)=NO. The summed E-state index contributed by atoms with van der Waals surface area (Å²) in [5, 5.41) is 11.7. The molecule has 2 aliphatic carbocycles. The molecule has 2 rings (SSSR count). The molecule has 0 bridgehead atoms. The fourth-order valence-electron chi connectivity index (χ4n) is 2.28. The smallest absolute Gasteiger partial charge is 0.233 e. The number of hydrogen-bond donors (Lipinski definition) is 2. The van der Waals surface area contributed by atoms with E-state index < -0.39 is 5.92 Å². The molecule has 1 atom stereocenters. The van der Waals surface area contributed by atoms with Crippen molar-refractivity contribution in [3.63, 3.8) is 0 Å². The van der Waals surface area contributed by atoms with Crippen molar-refractivity contribution in [2.24, 2.45) is 28.6 Å². The van der Waals surface area contributed by atoms with Crippen molar-refractivity contribution in [3.8, 4) is 0 Å². The molecule has 2 fully saturated rings. The molecule has 3 N–H and O–H groups in total. The third-order valence-corrected chi connectivity index (χ3v) is 3.84. The van der Waals surface area contributed by atoms with Crippen molar-refractivity contribution in [1.29, 1.82) is 0 Å². The zero-order valence-corrected chi connectivity index (χ0v) is 11.0. The topological polar surface area (TPSA) is 78.9 Å². The van der Waals surface area contributed by atoms with E-state index in [0.29, 0.717) is 18.3 Å². The van der Waals surface area contributed by atoms with E-state index in [1.165, 1.54) is 25.7 Å². The number of oxime groups is 1. The van der Waals surface area contributed by atoms with E-state index in [4.69, 9.17) is 10.9 Å². The summed E-state index contributed by atoms with van der Waals surface area (Å²) in [6, 6.07) is 0. The van der Waals surface area contributed by atoms with Gasteiger partial charge in [-0.05, 0) is 43.9 Å². The van der Waals surface area contributed by atoms with E-state index in [9.17, 15) is 4.79 Å². The van der Waals surface area contributed by atoms with Crippen molar-refractivity contribution in [2.45, 2.75) is 39.0 Å². The van der Waals surface area contributed by atoms with Gasteiger partial charge in [0.1, 0.15) is 0 Å². The molecule has 5 nitrogen and oxygen atoms in total. The molecule has 2 aliphatic rings. The number of nitrogens with zero attached hydrogens (tertiary/aromatic N) is 2. The molecule has 0 saturated heterocycles. The van der Waals surface area contributed by atoms with Gasteiger partial charge in [-0.3, -0.25) is 4.79 Å². The molecule has 0 aliphatic heterocycles. The van der Waals surface area contributed by atoms with Crippen LogP contribution in [0.15, 0.2) is 5.16 Å². The Labute approximate surface area is 108 Å². The Morgan fingerprint density at radius 2 is 1.83 bits per heavy atom. The first-order valence-corrected chi connectivity index (χ1v) is 6.91. The number of amidine groups is 1. The van der Waals surface area contributed by atoms with Crippen LogP contribution in [-0.4, -0.2) is 34.9 Å². The second kappa shape index (κ2) is 5.59. The molecule has 1 amide bonds. The van der Waals surface area contributed by atoms with Gasteiger partial charge in [0, 0.05) is 13.1 Å². The van der Waals surface area contributed by atoms with Gasteiger partial charge in [0.2, 0.25) is 5.91 Å². The lowest BCUT2D eigenvalue weighted by molar-refractivity contribution is -0.134. The Kier molecular flexibility index (Phi) is 4.09. The van der Waals surface area contributed by atoms with Crippen LogP contribution in [0.25, 0.3) is 0 Å². The van der Waals surface area contributed by atoms with Gasteiger partial charge in [0.05, 0.1) is 5.92 Å². The summed E-state index contributed by atoms with van der Waals surface area (Å²) in [6.45, 7) is 3.60. The van der Waals surface area contributed by atoms with Crippen LogP contribution >= 0.6 is 0 Å². The molecule has 18 heavy (non-hydrogen) atoms. The summed E-state index contributed by atoms with van der Waals surface area (Å²) in [5.41, 5.74) is 5.61. The highest BCUT2D eigenvalue weighted by Crippen LogP contribution is 2.34. The van der Waals surface area contributed by atoms with Gasteiger partial charge < -0.3 is 15.8 Å². The van der Waals surface area contributed by atoms with Gasteiger partial charge in [0.15, 0.2) is 5.84 Å². The zero-order valence-electron chi connectivity index (χ0n) is 11.0. The third kappa shape index (κ3) is 3.37. The number of carbonyl (C=O) groups excluding carboxylic acids is 1. The highest BCUT2D eigenvalue weighted by Gasteiger charge is 2.34. The number of carbonyl (C=O) groups is 1. The molecule has 0 radical (unpaired) electrons. The number of hydrogen-bond acceptors (Lipinski definition) is 3. The van der Waals surface area contributed by atoms with Crippen LogP contribution in [0.4, 0.5) is 0 Å². The van der Waals surface area contributed by atoms with Crippen LogP contribution < -0.4 is 5.73 Å². The van der Waals surface area contributed by atoms with Crippen molar-refractivity contribution in [3.05, 3.63) is 0 Å². The van der Waals surface area contributed by atoms with E-state index in [2.05, 4.69) is 5.16 Å². The maximum atomic E-state index is 12.5. The van der Waals surface area contributed by atoms with Gasteiger partial charge >= 0.3 is 0 Å². The lowest BCUT2D eigenvalue weighted by Crippen LogP contribution is -2.43. The molecule has 0 aromatic heterocycles. The second-order valence-electron chi connectivity index (χ2n) is 5.62. The van der Waals surface area contributed by atoms with Crippen LogP contribution in [0.1, 0.15) is 39.0 Å². The summed E-state index contributed by atoms with van der Waals surface area (Å²) in [7, 11) is 0. The van der Waals surface area contributed by atoms with E-state index in [0.717, 1.165) is 13.1 Å². The standard InChI is InChI=1S/C13H23N3O2/c1-2-11(12(14)15-18)13(17)16(7-9-3-4-9)8-10-5-6-10/h9-11,18H,2-8H2,1H3,(H2,14,15). The van der Waals surface area contributed by atoms with Gasteiger partial charge in [-0.15, -0.1) is 0 Å². The Balaban J connectivity index is 1.99. The Morgan fingerprint density at radius 3 is 2.17 bits per heavy atom. The van der Waals surface area contributed by atoms with Crippen LogP contribution in [0.3, 0.4) is 0 Å². The van der Waals surface area contributed by atoms with E-state index in [1.54, 1.807) is 0 Å². The van der Waals surface area contributed by atoms with E-state index in [-0.39, 0.29) is 11.7 Å². The van der Waals surface area contributed by atoms with Crippen molar-refractivity contribution >= 4 is 11.7 Å². The minimum atomic E-state index is -0.465. The van der Waals surface area contributed by atoms with Crippen LogP contribution in [-0.2, 0) is 4.79 Å². The largest absolute Gasteiger partial charge is 0.409 e. The molecule has 2 saturated carbocycles. The molecular formula is C13H23N3O2.